The van der Waals surface area contributed by atoms with E-state index in [0.717, 1.165) is 11.1 Å². The molecule has 0 atom stereocenters. The fourth-order valence-corrected chi connectivity index (χ4v) is 2.27. The summed E-state index contributed by atoms with van der Waals surface area (Å²) in [6.07, 6.45) is 3.92. The molecule has 1 amide bonds. The van der Waals surface area contributed by atoms with Crippen LogP contribution in [0.2, 0.25) is 5.02 Å². The van der Waals surface area contributed by atoms with E-state index >= 15 is 0 Å². The lowest BCUT2D eigenvalue weighted by atomic mass is 10.2. The molecule has 122 valence electrons. The van der Waals surface area contributed by atoms with Crippen LogP contribution >= 0.6 is 11.6 Å². The normalized spacial score (nSPS) is 10.6. The Bertz CT molecular complexity index is 849. The van der Waals surface area contributed by atoms with Gasteiger partial charge in [-0.05, 0) is 36.8 Å². The number of benzene rings is 1. The van der Waals surface area contributed by atoms with Gasteiger partial charge in [0.05, 0.1) is 0 Å². The number of amides is 1. The van der Waals surface area contributed by atoms with Gasteiger partial charge >= 0.3 is 0 Å². The average Bonchev–Trinajstić information content (AvgIpc) is 3.06. The average molecular weight is 343 g/mol. The zero-order valence-electron chi connectivity index (χ0n) is 13.0. The van der Waals surface area contributed by atoms with E-state index in [1.165, 1.54) is 0 Å². The zero-order valence-corrected chi connectivity index (χ0v) is 13.7. The summed E-state index contributed by atoms with van der Waals surface area (Å²) in [5, 5.41) is 7.32. The topological polar surface area (TPSA) is 80.9 Å². The quantitative estimate of drug-likeness (QED) is 0.765. The molecule has 1 aromatic carbocycles. The molecule has 0 spiro atoms. The fourth-order valence-electron chi connectivity index (χ4n) is 2.09. The summed E-state index contributed by atoms with van der Waals surface area (Å²) in [4.78, 5) is 20.2. The van der Waals surface area contributed by atoms with Crippen LogP contribution in [-0.2, 0) is 11.2 Å². The second kappa shape index (κ2) is 7.23. The molecule has 7 heteroatoms. The lowest BCUT2D eigenvalue weighted by Crippen LogP contribution is -2.12. The number of hydrogen-bond acceptors (Lipinski definition) is 5. The van der Waals surface area contributed by atoms with Gasteiger partial charge in [-0.1, -0.05) is 22.8 Å². The smallest absolute Gasteiger partial charge is 0.227 e. The number of nitrogens with zero attached hydrogens (tertiary/aromatic N) is 3. The molecule has 2 aromatic heterocycles. The predicted octanol–water partition coefficient (Wildman–Crippen LogP) is 3.66. The van der Waals surface area contributed by atoms with Crippen LogP contribution in [-0.4, -0.2) is 21.0 Å². The lowest BCUT2D eigenvalue weighted by molar-refractivity contribution is -0.116. The van der Waals surface area contributed by atoms with Crippen molar-refractivity contribution in [3.05, 3.63) is 59.2 Å². The van der Waals surface area contributed by atoms with Crippen LogP contribution in [0.15, 0.2) is 47.2 Å². The van der Waals surface area contributed by atoms with Crippen LogP contribution in [0, 0.1) is 6.92 Å². The zero-order chi connectivity index (χ0) is 16.9. The number of rotatable bonds is 5. The molecule has 0 saturated heterocycles. The van der Waals surface area contributed by atoms with Crippen LogP contribution < -0.4 is 5.32 Å². The van der Waals surface area contributed by atoms with Gasteiger partial charge in [-0.15, -0.1) is 0 Å². The Kier molecular flexibility index (Phi) is 4.86. The van der Waals surface area contributed by atoms with E-state index in [-0.39, 0.29) is 12.3 Å². The molecule has 0 aliphatic heterocycles. The van der Waals surface area contributed by atoms with Gasteiger partial charge in [0.2, 0.25) is 17.6 Å². The second-order valence-electron chi connectivity index (χ2n) is 5.26. The monoisotopic (exact) mass is 342 g/mol. The maximum Gasteiger partial charge on any atom is 0.227 e. The number of pyridine rings is 1. The van der Waals surface area contributed by atoms with Crippen molar-refractivity contribution in [1.82, 2.24) is 15.1 Å². The highest BCUT2D eigenvalue weighted by Crippen LogP contribution is 2.20. The van der Waals surface area contributed by atoms with Crippen LogP contribution in [0.25, 0.3) is 11.4 Å². The number of aryl methyl sites for hydroxylation is 2. The number of halogens is 1. The first-order valence-electron chi connectivity index (χ1n) is 7.41. The molecule has 3 rings (SSSR count). The Hall–Kier alpha value is -2.73. The first-order valence-corrected chi connectivity index (χ1v) is 7.78. The van der Waals surface area contributed by atoms with Gasteiger partial charge in [0.25, 0.3) is 0 Å². The Morgan fingerprint density at radius 1 is 1.25 bits per heavy atom. The van der Waals surface area contributed by atoms with Crippen molar-refractivity contribution >= 4 is 23.2 Å². The number of hydrogen-bond donors (Lipinski definition) is 1. The Balaban J connectivity index is 1.56. The summed E-state index contributed by atoms with van der Waals surface area (Å²) < 4.78 is 5.17. The molecule has 0 aliphatic carbocycles. The maximum absolute atomic E-state index is 12.0. The number of carbonyl (C=O) groups is 1. The fraction of sp³-hybridized carbons (Fsp3) is 0.176. The van der Waals surface area contributed by atoms with Crippen LogP contribution in [0.4, 0.5) is 5.69 Å². The van der Waals surface area contributed by atoms with Gasteiger partial charge in [-0.25, -0.2) is 0 Å². The summed E-state index contributed by atoms with van der Waals surface area (Å²) in [7, 11) is 0. The third-order valence-electron chi connectivity index (χ3n) is 3.43. The Morgan fingerprint density at radius 3 is 2.79 bits per heavy atom. The number of anilines is 1. The van der Waals surface area contributed by atoms with E-state index in [0.29, 0.717) is 28.8 Å². The van der Waals surface area contributed by atoms with Gasteiger partial charge in [0.15, 0.2) is 0 Å². The number of aromatic nitrogens is 3. The highest BCUT2D eigenvalue weighted by atomic mass is 35.5. The van der Waals surface area contributed by atoms with Crippen molar-refractivity contribution in [3.63, 3.8) is 0 Å². The van der Waals surface area contributed by atoms with Crippen LogP contribution in [0.5, 0.6) is 0 Å². The Morgan fingerprint density at radius 2 is 2.04 bits per heavy atom. The first-order chi connectivity index (χ1) is 11.6. The van der Waals surface area contributed by atoms with Crippen molar-refractivity contribution in [3.8, 4) is 11.4 Å². The van der Waals surface area contributed by atoms with Crippen LogP contribution in [0.3, 0.4) is 0 Å². The molecule has 6 nitrogen and oxygen atoms in total. The summed E-state index contributed by atoms with van der Waals surface area (Å²) in [5.41, 5.74) is 2.45. The molecule has 1 N–H and O–H groups in total. The van der Waals surface area contributed by atoms with E-state index in [9.17, 15) is 4.79 Å². The minimum atomic E-state index is -0.140. The summed E-state index contributed by atoms with van der Waals surface area (Å²) in [6.45, 7) is 1.91. The number of nitrogens with one attached hydrogen (secondary N) is 1. The molecule has 0 fully saturated rings. The SMILES string of the molecule is Cc1ccc(NC(=O)CCc2nc(-c3ccncc3)no2)cc1Cl. The highest BCUT2D eigenvalue weighted by Gasteiger charge is 2.11. The van der Waals surface area contributed by atoms with E-state index in [1.54, 1.807) is 30.6 Å². The molecule has 3 aromatic rings. The minimum Gasteiger partial charge on any atom is -0.339 e. The molecular formula is C17H15ClN4O2. The third kappa shape index (κ3) is 3.97. The van der Waals surface area contributed by atoms with Crippen molar-refractivity contribution in [2.45, 2.75) is 19.8 Å². The maximum atomic E-state index is 12.0. The molecule has 0 bridgehead atoms. The molecule has 2 heterocycles. The van der Waals surface area contributed by atoms with Gasteiger partial charge in [-0.3, -0.25) is 9.78 Å². The van der Waals surface area contributed by atoms with E-state index in [2.05, 4.69) is 20.4 Å². The third-order valence-corrected chi connectivity index (χ3v) is 3.84. The first kappa shape index (κ1) is 16.1. The van der Waals surface area contributed by atoms with E-state index in [4.69, 9.17) is 16.1 Å². The number of carbonyl (C=O) groups excluding carboxylic acids is 1. The lowest BCUT2D eigenvalue weighted by Gasteiger charge is -2.06. The summed E-state index contributed by atoms with van der Waals surface area (Å²) in [5.74, 6) is 0.760. The van der Waals surface area contributed by atoms with Crippen molar-refractivity contribution < 1.29 is 9.32 Å². The summed E-state index contributed by atoms with van der Waals surface area (Å²) >= 11 is 6.04. The molecular weight excluding hydrogens is 328 g/mol. The molecule has 0 aliphatic rings. The largest absolute Gasteiger partial charge is 0.339 e. The summed E-state index contributed by atoms with van der Waals surface area (Å²) in [6, 6.07) is 8.98. The second-order valence-corrected chi connectivity index (χ2v) is 5.67. The Labute approximate surface area is 143 Å². The minimum absolute atomic E-state index is 0.140. The molecule has 0 saturated carbocycles. The van der Waals surface area contributed by atoms with Crippen LogP contribution in [0.1, 0.15) is 17.9 Å². The van der Waals surface area contributed by atoms with E-state index < -0.39 is 0 Å². The van der Waals surface area contributed by atoms with Gasteiger partial charge in [0, 0.05) is 41.5 Å². The highest BCUT2D eigenvalue weighted by molar-refractivity contribution is 6.31. The van der Waals surface area contributed by atoms with Crippen molar-refractivity contribution in [2.24, 2.45) is 0 Å². The molecule has 24 heavy (non-hydrogen) atoms. The molecule has 0 unspecified atom stereocenters. The van der Waals surface area contributed by atoms with Crippen molar-refractivity contribution in [1.29, 1.82) is 0 Å². The standard InChI is InChI=1S/C17H15ClN4O2/c1-11-2-3-13(10-14(11)18)20-15(23)4-5-16-21-17(22-24-16)12-6-8-19-9-7-12/h2-3,6-10H,4-5H2,1H3,(H,20,23). The van der Waals surface area contributed by atoms with Crippen molar-refractivity contribution in [2.75, 3.05) is 5.32 Å². The van der Waals surface area contributed by atoms with Gasteiger partial charge < -0.3 is 9.84 Å². The van der Waals surface area contributed by atoms with E-state index in [1.807, 2.05) is 19.1 Å². The molecule has 0 radical (unpaired) electrons. The van der Waals surface area contributed by atoms with Gasteiger partial charge in [-0.2, -0.15) is 4.98 Å². The van der Waals surface area contributed by atoms with Gasteiger partial charge in [0.1, 0.15) is 0 Å². The predicted molar refractivity (Wildman–Crippen MR) is 90.7 cm³/mol.